The van der Waals surface area contributed by atoms with Crippen molar-refractivity contribution in [3.63, 3.8) is 0 Å². The molecule has 2 rings (SSSR count). The molecule has 53 valence electrons. The lowest BCUT2D eigenvalue weighted by molar-refractivity contribution is 1.07. The van der Waals surface area contributed by atoms with Gasteiger partial charge < -0.3 is 0 Å². The summed E-state index contributed by atoms with van der Waals surface area (Å²) in [6.07, 6.45) is 1.68. The van der Waals surface area contributed by atoms with Crippen molar-refractivity contribution in [1.29, 1.82) is 0 Å². The third-order valence-corrected chi connectivity index (χ3v) is 1.63. The van der Waals surface area contributed by atoms with Crippen molar-refractivity contribution in [2.24, 2.45) is 0 Å². The average molecular weight is 143 g/mol. The van der Waals surface area contributed by atoms with E-state index < -0.39 is 0 Å². The van der Waals surface area contributed by atoms with E-state index in [1.807, 2.05) is 24.3 Å². The van der Waals surface area contributed by atoms with Crippen molar-refractivity contribution >= 4 is 10.9 Å². The Labute approximate surface area is 64.9 Å². The van der Waals surface area contributed by atoms with Crippen LogP contribution in [0.25, 0.3) is 10.9 Å². The van der Waals surface area contributed by atoms with Crippen LogP contribution in [0.2, 0.25) is 0 Å². The molecule has 2 aromatic rings. The molecular formula is C9H7N2. The minimum atomic E-state index is 0.884. The predicted octanol–water partition coefficient (Wildman–Crippen LogP) is 1.81. The second-order valence-corrected chi connectivity index (χ2v) is 2.39. The molecule has 0 bridgehead atoms. The van der Waals surface area contributed by atoms with E-state index in [1.54, 1.807) is 6.20 Å². The maximum Gasteiger partial charge on any atom is 0.0961 e. The number of aromatic nitrogens is 2. The molecule has 2 nitrogen and oxygen atoms in total. The lowest BCUT2D eigenvalue weighted by Crippen LogP contribution is -1.84. The molecule has 0 fully saturated rings. The van der Waals surface area contributed by atoms with E-state index in [-0.39, 0.29) is 0 Å². The van der Waals surface area contributed by atoms with Gasteiger partial charge in [0, 0.05) is 5.39 Å². The largest absolute Gasteiger partial charge is 0.159 e. The number of rotatable bonds is 0. The average Bonchev–Trinajstić information content (AvgIpc) is 2.06. The van der Waals surface area contributed by atoms with E-state index in [1.165, 1.54) is 0 Å². The minimum absolute atomic E-state index is 0.884. The summed E-state index contributed by atoms with van der Waals surface area (Å²) >= 11 is 0. The van der Waals surface area contributed by atoms with Gasteiger partial charge in [0.25, 0.3) is 0 Å². The van der Waals surface area contributed by atoms with Gasteiger partial charge in [-0.25, -0.2) is 0 Å². The molecule has 0 unspecified atom stereocenters. The first-order valence-electron chi connectivity index (χ1n) is 3.40. The highest BCUT2D eigenvalue weighted by Gasteiger charge is 1.94. The molecule has 2 heteroatoms. The summed E-state index contributed by atoms with van der Waals surface area (Å²) < 4.78 is 0. The van der Waals surface area contributed by atoms with Gasteiger partial charge in [-0.1, -0.05) is 18.2 Å². The van der Waals surface area contributed by atoms with Crippen LogP contribution < -0.4 is 0 Å². The second kappa shape index (κ2) is 2.31. The van der Waals surface area contributed by atoms with Crippen LogP contribution in [0.3, 0.4) is 0 Å². The molecule has 1 aromatic carbocycles. The quantitative estimate of drug-likeness (QED) is 0.562. The number of hydrogen-bond acceptors (Lipinski definition) is 2. The molecule has 0 amide bonds. The van der Waals surface area contributed by atoms with Gasteiger partial charge in [0.05, 0.1) is 11.7 Å². The molecule has 1 heterocycles. The van der Waals surface area contributed by atoms with Crippen molar-refractivity contribution < 1.29 is 0 Å². The number of benzene rings is 1. The van der Waals surface area contributed by atoms with Gasteiger partial charge in [0.15, 0.2) is 0 Å². The zero-order valence-corrected chi connectivity index (χ0v) is 5.99. The van der Waals surface area contributed by atoms with Crippen LogP contribution in [0, 0.1) is 6.92 Å². The summed E-state index contributed by atoms with van der Waals surface area (Å²) in [5, 5.41) is 8.84. The van der Waals surface area contributed by atoms with Gasteiger partial charge in [0.1, 0.15) is 0 Å². The van der Waals surface area contributed by atoms with Crippen molar-refractivity contribution in [2.45, 2.75) is 0 Å². The molecule has 0 atom stereocenters. The van der Waals surface area contributed by atoms with E-state index >= 15 is 0 Å². The Kier molecular flexibility index (Phi) is 1.32. The fourth-order valence-corrected chi connectivity index (χ4v) is 1.07. The van der Waals surface area contributed by atoms with Gasteiger partial charge >= 0.3 is 0 Å². The van der Waals surface area contributed by atoms with E-state index in [9.17, 15) is 0 Å². The fourth-order valence-electron chi connectivity index (χ4n) is 1.07. The third-order valence-electron chi connectivity index (χ3n) is 1.63. The number of nitrogens with zero attached hydrogens (tertiary/aromatic N) is 2. The summed E-state index contributed by atoms with van der Waals surface area (Å²) in [6, 6.07) is 7.82. The Morgan fingerprint density at radius 2 is 2.09 bits per heavy atom. The summed E-state index contributed by atoms with van der Waals surface area (Å²) in [5.41, 5.74) is 1.81. The minimum Gasteiger partial charge on any atom is -0.159 e. The van der Waals surface area contributed by atoms with Gasteiger partial charge in [-0.05, 0) is 18.6 Å². The Morgan fingerprint density at radius 3 is 2.91 bits per heavy atom. The Hall–Kier alpha value is -1.44. The van der Waals surface area contributed by atoms with E-state index in [0.717, 1.165) is 16.5 Å². The van der Waals surface area contributed by atoms with Crippen LogP contribution in [-0.2, 0) is 0 Å². The molecule has 1 aromatic heterocycles. The van der Waals surface area contributed by atoms with Gasteiger partial charge in [-0.15, -0.1) is 0 Å². The maximum absolute atomic E-state index is 3.97. The smallest absolute Gasteiger partial charge is 0.0961 e. The second-order valence-electron chi connectivity index (χ2n) is 2.39. The van der Waals surface area contributed by atoms with E-state index in [4.69, 9.17) is 0 Å². The zero-order valence-electron chi connectivity index (χ0n) is 5.99. The van der Waals surface area contributed by atoms with Crippen LogP contribution in [0.5, 0.6) is 0 Å². The SMILES string of the molecule is [CH2]c1cccc2ccnnc12. The predicted molar refractivity (Wildman–Crippen MR) is 44.0 cm³/mol. The van der Waals surface area contributed by atoms with Crippen molar-refractivity contribution in [3.8, 4) is 0 Å². The standard InChI is InChI=1S/C9H7N2/c1-7-3-2-4-8-5-6-10-11-9(7)8/h2-6H,1H2. The third kappa shape index (κ3) is 0.963. The van der Waals surface area contributed by atoms with Crippen LogP contribution in [0.15, 0.2) is 30.5 Å². The summed E-state index contributed by atoms with van der Waals surface area (Å²) in [4.78, 5) is 0. The Morgan fingerprint density at radius 1 is 1.18 bits per heavy atom. The molecule has 0 N–H and O–H groups in total. The van der Waals surface area contributed by atoms with Crippen molar-refractivity contribution in [3.05, 3.63) is 42.9 Å². The topological polar surface area (TPSA) is 25.8 Å². The number of hydrogen-bond donors (Lipinski definition) is 0. The molecule has 0 aliphatic rings. The van der Waals surface area contributed by atoms with Crippen molar-refractivity contribution in [2.75, 3.05) is 0 Å². The van der Waals surface area contributed by atoms with Crippen LogP contribution in [0.4, 0.5) is 0 Å². The van der Waals surface area contributed by atoms with E-state index in [0.29, 0.717) is 0 Å². The molecule has 0 saturated carbocycles. The molecule has 0 aliphatic heterocycles. The first-order chi connectivity index (χ1) is 5.38. The monoisotopic (exact) mass is 143 g/mol. The molecule has 1 radical (unpaired) electrons. The number of fused-ring (bicyclic) bond motifs is 1. The van der Waals surface area contributed by atoms with Gasteiger partial charge in [-0.2, -0.15) is 10.2 Å². The highest BCUT2D eigenvalue weighted by Crippen LogP contribution is 2.12. The maximum atomic E-state index is 3.97. The van der Waals surface area contributed by atoms with Crippen LogP contribution in [-0.4, -0.2) is 10.2 Å². The van der Waals surface area contributed by atoms with E-state index in [2.05, 4.69) is 17.1 Å². The van der Waals surface area contributed by atoms with Crippen LogP contribution in [0.1, 0.15) is 5.56 Å². The molecule has 0 aliphatic carbocycles. The lowest BCUT2D eigenvalue weighted by Gasteiger charge is -1.96. The first-order valence-corrected chi connectivity index (χ1v) is 3.40. The summed E-state index contributed by atoms with van der Waals surface area (Å²) in [5.74, 6) is 0. The highest BCUT2D eigenvalue weighted by atomic mass is 15.1. The van der Waals surface area contributed by atoms with Gasteiger partial charge in [-0.3, -0.25) is 0 Å². The summed E-state index contributed by atoms with van der Waals surface area (Å²) in [7, 11) is 0. The molecule has 0 spiro atoms. The van der Waals surface area contributed by atoms with Crippen LogP contribution >= 0.6 is 0 Å². The molecule has 0 saturated heterocycles. The summed E-state index contributed by atoms with van der Waals surface area (Å²) in [6.45, 7) is 3.85. The van der Waals surface area contributed by atoms with Gasteiger partial charge in [0.2, 0.25) is 0 Å². The Bertz CT molecular complexity index is 377. The normalized spacial score (nSPS) is 10.3. The fraction of sp³-hybridized carbons (Fsp3) is 0. The lowest BCUT2D eigenvalue weighted by atomic mass is 10.1. The Balaban J connectivity index is 2.91. The molecule has 11 heavy (non-hydrogen) atoms. The van der Waals surface area contributed by atoms with Crippen molar-refractivity contribution in [1.82, 2.24) is 10.2 Å². The first kappa shape index (κ1) is 6.28. The molecular weight excluding hydrogens is 136 g/mol. The zero-order chi connectivity index (χ0) is 7.68. The highest BCUT2D eigenvalue weighted by molar-refractivity contribution is 5.81.